The van der Waals surface area contributed by atoms with Gasteiger partial charge >= 0.3 is 0 Å². The average Bonchev–Trinajstić information content (AvgIpc) is 3.73. The molecule has 1 amide bonds. The second-order valence-corrected chi connectivity index (χ2v) is 9.54. The van der Waals surface area contributed by atoms with Crippen LogP contribution in [0.3, 0.4) is 0 Å². The molecule has 4 aromatic heterocycles. The lowest BCUT2D eigenvalue weighted by molar-refractivity contribution is 0.0908. The van der Waals surface area contributed by atoms with E-state index in [0.29, 0.717) is 23.6 Å². The average molecular weight is 646 g/mol. The number of amides is 1. The molecule has 0 spiro atoms. The van der Waals surface area contributed by atoms with E-state index in [2.05, 4.69) is 38.9 Å². The van der Waals surface area contributed by atoms with Crippen LogP contribution < -0.4 is 5.32 Å². The van der Waals surface area contributed by atoms with E-state index in [-0.39, 0.29) is 48.9 Å². The van der Waals surface area contributed by atoms with Gasteiger partial charge in [0.25, 0.3) is 5.91 Å². The highest BCUT2D eigenvalue weighted by Gasteiger charge is 2.25. The number of furan rings is 1. The number of fused-ring (bicyclic) bond motifs is 1. The van der Waals surface area contributed by atoms with Crippen molar-refractivity contribution in [3.63, 3.8) is 0 Å². The largest absolute Gasteiger partial charge is 0.451 e. The first-order valence-corrected chi connectivity index (χ1v) is 13.0. The van der Waals surface area contributed by atoms with Gasteiger partial charge in [-0.05, 0) is 61.0 Å². The molecular formula is C30H28Cl4N6O2. The number of benzene rings is 2. The van der Waals surface area contributed by atoms with Crippen LogP contribution in [0.2, 0.25) is 5.02 Å². The summed E-state index contributed by atoms with van der Waals surface area (Å²) >= 11 is 6.12. The van der Waals surface area contributed by atoms with Gasteiger partial charge in [-0.2, -0.15) is 0 Å². The SMILES string of the molecule is CCn1c(-c2ccc(-n3ccnc3)cc2)cnc1C(Cc1ccccn1)NC(=O)c1cc2cc(Cl)ccc2o1.Cl.Cl.Cl. The van der Waals surface area contributed by atoms with Gasteiger partial charge in [0, 0.05) is 53.3 Å². The molecule has 2 aromatic carbocycles. The van der Waals surface area contributed by atoms with Crippen LogP contribution in [-0.2, 0) is 13.0 Å². The van der Waals surface area contributed by atoms with Crippen molar-refractivity contribution in [3.05, 3.63) is 120 Å². The van der Waals surface area contributed by atoms with Crippen LogP contribution in [0.5, 0.6) is 0 Å². The van der Waals surface area contributed by atoms with Gasteiger partial charge in [-0.1, -0.05) is 29.8 Å². The highest BCUT2D eigenvalue weighted by atomic mass is 35.5. The lowest BCUT2D eigenvalue weighted by atomic mass is 10.1. The summed E-state index contributed by atoms with van der Waals surface area (Å²) in [5.41, 5.74) is 4.45. The number of rotatable bonds is 8. The normalized spacial score (nSPS) is 11.2. The first-order valence-electron chi connectivity index (χ1n) is 12.6. The second-order valence-electron chi connectivity index (χ2n) is 9.11. The molecule has 12 heteroatoms. The third-order valence-corrected chi connectivity index (χ3v) is 6.86. The van der Waals surface area contributed by atoms with E-state index < -0.39 is 6.04 Å². The van der Waals surface area contributed by atoms with Crippen molar-refractivity contribution in [3.8, 4) is 16.9 Å². The Labute approximate surface area is 266 Å². The molecule has 1 unspecified atom stereocenters. The zero-order valence-corrected chi connectivity index (χ0v) is 25.6. The molecule has 0 aliphatic rings. The molecule has 8 nitrogen and oxygen atoms in total. The fraction of sp³-hybridized carbons (Fsp3) is 0.133. The molecule has 0 aliphatic carbocycles. The Bertz CT molecular complexity index is 1740. The molecular weight excluding hydrogens is 618 g/mol. The summed E-state index contributed by atoms with van der Waals surface area (Å²) in [5, 5.41) is 4.49. The van der Waals surface area contributed by atoms with Gasteiger partial charge in [-0.3, -0.25) is 9.78 Å². The third kappa shape index (κ3) is 6.79. The van der Waals surface area contributed by atoms with Crippen molar-refractivity contribution in [1.82, 2.24) is 29.4 Å². The van der Waals surface area contributed by atoms with Crippen molar-refractivity contribution in [2.75, 3.05) is 0 Å². The number of carbonyl (C=O) groups is 1. The van der Waals surface area contributed by atoms with Crippen molar-refractivity contribution in [2.24, 2.45) is 0 Å². The number of aromatic nitrogens is 5. The molecule has 0 radical (unpaired) electrons. The van der Waals surface area contributed by atoms with Crippen molar-refractivity contribution in [2.45, 2.75) is 25.9 Å². The number of hydrogen-bond acceptors (Lipinski definition) is 5. The van der Waals surface area contributed by atoms with Gasteiger partial charge in [0.2, 0.25) is 0 Å². The number of halogens is 4. The standard InChI is InChI=1S/C30H25ClN6O2.3ClH/c1-2-37-26(20-6-9-24(10-7-20)36-14-13-32-19-36)18-34-29(37)25(17-23-5-3-4-12-33-23)35-30(38)28-16-21-15-22(31)8-11-27(21)39-28;;;/h3-16,18-19,25H,2,17H2,1H3,(H,35,38);3*1H. The summed E-state index contributed by atoms with van der Waals surface area (Å²) in [7, 11) is 0. The Morgan fingerprint density at radius 2 is 1.81 bits per heavy atom. The summed E-state index contributed by atoms with van der Waals surface area (Å²) in [5.74, 6) is 0.618. The van der Waals surface area contributed by atoms with Crippen LogP contribution in [0.25, 0.3) is 27.9 Å². The summed E-state index contributed by atoms with van der Waals surface area (Å²) in [6.45, 7) is 2.74. The van der Waals surface area contributed by atoms with E-state index in [9.17, 15) is 4.79 Å². The molecule has 218 valence electrons. The Morgan fingerprint density at radius 3 is 2.50 bits per heavy atom. The minimum Gasteiger partial charge on any atom is -0.451 e. The van der Waals surface area contributed by atoms with Crippen LogP contribution in [0.15, 0.2) is 102 Å². The summed E-state index contributed by atoms with van der Waals surface area (Å²) in [4.78, 5) is 26.8. The number of carbonyl (C=O) groups excluding carboxylic acids is 1. The highest BCUT2D eigenvalue weighted by Crippen LogP contribution is 2.28. The molecule has 0 saturated carbocycles. The maximum absolute atomic E-state index is 13.4. The quantitative estimate of drug-likeness (QED) is 0.185. The fourth-order valence-corrected chi connectivity index (χ4v) is 4.92. The lowest BCUT2D eigenvalue weighted by Crippen LogP contribution is -2.32. The minimum atomic E-state index is -0.442. The van der Waals surface area contributed by atoms with E-state index in [4.69, 9.17) is 21.0 Å². The van der Waals surface area contributed by atoms with Gasteiger partial charge in [0.15, 0.2) is 5.76 Å². The lowest BCUT2D eigenvalue weighted by Gasteiger charge is -2.20. The number of nitrogens with one attached hydrogen (secondary N) is 1. The van der Waals surface area contributed by atoms with E-state index >= 15 is 0 Å². The molecule has 0 saturated heterocycles. The summed E-state index contributed by atoms with van der Waals surface area (Å²) < 4.78 is 9.90. The van der Waals surface area contributed by atoms with E-state index in [0.717, 1.165) is 33.8 Å². The molecule has 1 atom stereocenters. The molecule has 6 rings (SSSR count). The Kier molecular flexibility index (Phi) is 11.2. The third-order valence-electron chi connectivity index (χ3n) is 6.63. The fourth-order valence-electron chi connectivity index (χ4n) is 4.74. The first kappa shape index (κ1) is 32.7. The summed E-state index contributed by atoms with van der Waals surface area (Å²) in [6, 6.07) is 20.5. The molecule has 1 N–H and O–H groups in total. The van der Waals surface area contributed by atoms with Crippen LogP contribution >= 0.6 is 48.8 Å². The van der Waals surface area contributed by atoms with Gasteiger partial charge in [-0.25, -0.2) is 9.97 Å². The van der Waals surface area contributed by atoms with E-state index in [1.165, 1.54) is 0 Å². The zero-order valence-electron chi connectivity index (χ0n) is 22.4. The Balaban J connectivity index is 0.00000161. The maximum Gasteiger partial charge on any atom is 0.287 e. The minimum absolute atomic E-state index is 0. The Hall–Kier alpha value is -3.82. The predicted molar refractivity (Wildman–Crippen MR) is 172 cm³/mol. The first-order chi connectivity index (χ1) is 19.1. The topological polar surface area (TPSA) is 90.8 Å². The highest BCUT2D eigenvalue weighted by molar-refractivity contribution is 6.31. The molecule has 0 aliphatic heterocycles. The monoisotopic (exact) mass is 644 g/mol. The van der Waals surface area contributed by atoms with Crippen LogP contribution in [0, 0.1) is 0 Å². The van der Waals surface area contributed by atoms with E-state index in [1.807, 2.05) is 47.3 Å². The molecule has 0 bridgehead atoms. The second kappa shape index (κ2) is 14.4. The summed E-state index contributed by atoms with van der Waals surface area (Å²) in [6.07, 6.45) is 9.50. The van der Waals surface area contributed by atoms with Crippen molar-refractivity contribution < 1.29 is 9.21 Å². The number of pyridine rings is 1. The molecule has 42 heavy (non-hydrogen) atoms. The van der Waals surface area contributed by atoms with Gasteiger partial charge in [-0.15, -0.1) is 37.2 Å². The van der Waals surface area contributed by atoms with Crippen molar-refractivity contribution >= 4 is 65.7 Å². The van der Waals surface area contributed by atoms with E-state index in [1.54, 1.807) is 43.0 Å². The Morgan fingerprint density at radius 1 is 1.00 bits per heavy atom. The van der Waals surface area contributed by atoms with Crippen LogP contribution in [-0.4, -0.2) is 30.0 Å². The van der Waals surface area contributed by atoms with Crippen molar-refractivity contribution in [1.29, 1.82) is 0 Å². The predicted octanol–water partition coefficient (Wildman–Crippen LogP) is 7.53. The smallest absolute Gasteiger partial charge is 0.287 e. The molecule has 6 aromatic rings. The number of imidazole rings is 2. The molecule has 4 heterocycles. The van der Waals surface area contributed by atoms with Gasteiger partial charge in [0.05, 0.1) is 24.3 Å². The number of hydrogen-bond donors (Lipinski definition) is 1. The van der Waals surface area contributed by atoms with Gasteiger partial charge in [0.1, 0.15) is 11.4 Å². The molecule has 0 fully saturated rings. The number of nitrogens with zero attached hydrogens (tertiary/aromatic N) is 5. The van der Waals surface area contributed by atoms with Crippen LogP contribution in [0.4, 0.5) is 0 Å². The zero-order chi connectivity index (χ0) is 26.8. The van der Waals surface area contributed by atoms with Gasteiger partial charge < -0.3 is 18.9 Å². The van der Waals surface area contributed by atoms with Crippen LogP contribution in [0.1, 0.15) is 35.0 Å². The maximum atomic E-state index is 13.4.